The van der Waals surface area contributed by atoms with Crippen LogP contribution in [-0.2, 0) is 12.8 Å². The number of carbonyl (C=O) groups is 1. The number of aryl methyl sites for hydroxylation is 2. The number of aromatic carboxylic acids is 1. The van der Waals surface area contributed by atoms with Crippen molar-refractivity contribution < 1.29 is 9.90 Å². The Labute approximate surface area is 113 Å². The standard InChI is InChI=1S/C15H20N2O2/c1-15(7-2-3-8-15)17-13-11(14(18)19)9-10-5-4-6-12(10)16-13/h9H,2-8H2,1H3,(H,16,17)(H,18,19). The van der Waals surface area contributed by atoms with E-state index >= 15 is 0 Å². The maximum absolute atomic E-state index is 11.4. The highest BCUT2D eigenvalue weighted by atomic mass is 16.4. The Balaban J connectivity index is 1.97. The van der Waals surface area contributed by atoms with Crippen molar-refractivity contribution in [1.29, 1.82) is 0 Å². The summed E-state index contributed by atoms with van der Waals surface area (Å²) in [5.41, 5.74) is 2.52. The molecule has 0 bridgehead atoms. The van der Waals surface area contributed by atoms with Gasteiger partial charge in [0.25, 0.3) is 0 Å². The Morgan fingerprint density at radius 3 is 2.74 bits per heavy atom. The Hall–Kier alpha value is -1.58. The first-order chi connectivity index (χ1) is 9.07. The van der Waals surface area contributed by atoms with E-state index in [9.17, 15) is 9.90 Å². The van der Waals surface area contributed by atoms with Crippen LogP contribution >= 0.6 is 0 Å². The maximum Gasteiger partial charge on any atom is 0.339 e. The SMILES string of the molecule is CC1(Nc2nc3c(cc2C(=O)O)CCC3)CCCC1. The topological polar surface area (TPSA) is 62.2 Å². The van der Waals surface area contributed by atoms with Gasteiger partial charge in [-0.05, 0) is 50.7 Å². The number of anilines is 1. The molecular weight excluding hydrogens is 240 g/mol. The molecule has 0 unspecified atom stereocenters. The van der Waals surface area contributed by atoms with E-state index in [2.05, 4.69) is 17.2 Å². The molecule has 4 nitrogen and oxygen atoms in total. The molecule has 102 valence electrons. The first-order valence-corrected chi connectivity index (χ1v) is 7.12. The summed E-state index contributed by atoms with van der Waals surface area (Å²) in [6.07, 6.45) is 7.60. The molecule has 0 aromatic carbocycles. The van der Waals surface area contributed by atoms with Gasteiger partial charge in [0.05, 0.1) is 0 Å². The second-order valence-corrected chi connectivity index (χ2v) is 6.04. The minimum Gasteiger partial charge on any atom is -0.478 e. The van der Waals surface area contributed by atoms with Crippen molar-refractivity contribution in [3.05, 3.63) is 22.9 Å². The number of nitrogens with zero attached hydrogens (tertiary/aromatic N) is 1. The number of nitrogens with one attached hydrogen (secondary N) is 1. The average molecular weight is 260 g/mol. The smallest absolute Gasteiger partial charge is 0.339 e. The molecule has 1 aromatic heterocycles. The third-order valence-corrected chi connectivity index (χ3v) is 4.41. The minimum absolute atomic E-state index is 0.00401. The summed E-state index contributed by atoms with van der Waals surface area (Å²) in [6.45, 7) is 2.17. The Bertz CT molecular complexity index is 519. The second-order valence-electron chi connectivity index (χ2n) is 6.04. The molecule has 2 aliphatic rings. The zero-order chi connectivity index (χ0) is 13.5. The molecular formula is C15H20N2O2. The van der Waals surface area contributed by atoms with Crippen LogP contribution in [0, 0.1) is 0 Å². The summed E-state index contributed by atoms with van der Waals surface area (Å²) in [4.78, 5) is 16.0. The number of hydrogen-bond donors (Lipinski definition) is 2. The lowest BCUT2D eigenvalue weighted by Crippen LogP contribution is -2.32. The van der Waals surface area contributed by atoms with Crippen LogP contribution in [0.2, 0.25) is 0 Å². The molecule has 0 amide bonds. The van der Waals surface area contributed by atoms with Gasteiger partial charge in [-0.3, -0.25) is 0 Å². The van der Waals surface area contributed by atoms with E-state index in [-0.39, 0.29) is 5.54 Å². The molecule has 0 spiro atoms. The third-order valence-electron chi connectivity index (χ3n) is 4.41. The van der Waals surface area contributed by atoms with Crippen molar-refractivity contribution in [3.8, 4) is 0 Å². The van der Waals surface area contributed by atoms with Gasteiger partial charge in [-0.2, -0.15) is 0 Å². The molecule has 2 N–H and O–H groups in total. The van der Waals surface area contributed by atoms with Crippen molar-refractivity contribution in [2.45, 2.75) is 57.4 Å². The van der Waals surface area contributed by atoms with E-state index in [1.165, 1.54) is 12.8 Å². The van der Waals surface area contributed by atoms with E-state index in [4.69, 9.17) is 0 Å². The van der Waals surface area contributed by atoms with E-state index < -0.39 is 5.97 Å². The molecule has 0 saturated heterocycles. The van der Waals surface area contributed by atoms with Crippen molar-refractivity contribution >= 4 is 11.8 Å². The maximum atomic E-state index is 11.4. The highest BCUT2D eigenvalue weighted by Gasteiger charge is 2.31. The fourth-order valence-corrected chi connectivity index (χ4v) is 3.30. The van der Waals surface area contributed by atoms with Gasteiger partial charge in [0, 0.05) is 11.2 Å². The fraction of sp³-hybridized carbons (Fsp3) is 0.600. The largest absolute Gasteiger partial charge is 0.478 e. The number of carboxylic acid groups (broad SMARTS) is 1. The third kappa shape index (κ3) is 2.31. The van der Waals surface area contributed by atoms with Gasteiger partial charge in [-0.25, -0.2) is 9.78 Å². The summed E-state index contributed by atoms with van der Waals surface area (Å²) in [5, 5.41) is 12.8. The molecule has 19 heavy (non-hydrogen) atoms. The molecule has 1 heterocycles. The summed E-state index contributed by atoms with van der Waals surface area (Å²) in [6, 6.07) is 1.82. The number of carboxylic acids is 1. The lowest BCUT2D eigenvalue weighted by molar-refractivity contribution is 0.0697. The lowest BCUT2D eigenvalue weighted by Gasteiger charge is -2.27. The van der Waals surface area contributed by atoms with Crippen LogP contribution in [-0.4, -0.2) is 21.6 Å². The minimum atomic E-state index is -0.883. The highest BCUT2D eigenvalue weighted by Crippen LogP contribution is 2.34. The van der Waals surface area contributed by atoms with Gasteiger partial charge < -0.3 is 10.4 Å². The predicted octanol–water partition coefficient (Wildman–Crippen LogP) is 3.01. The van der Waals surface area contributed by atoms with Crippen LogP contribution in [0.25, 0.3) is 0 Å². The van der Waals surface area contributed by atoms with Gasteiger partial charge in [0.15, 0.2) is 0 Å². The Kier molecular flexibility index (Phi) is 2.96. The molecule has 1 aromatic rings. The summed E-state index contributed by atoms with van der Waals surface area (Å²) >= 11 is 0. The summed E-state index contributed by atoms with van der Waals surface area (Å²) in [5.74, 6) is -0.316. The monoisotopic (exact) mass is 260 g/mol. The summed E-state index contributed by atoms with van der Waals surface area (Å²) in [7, 11) is 0. The van der Waals surface area contributed by atoms with Gasteiger partial charge >= 0.3 is 5.97 Å². The van der Waals surface area contributed by atoms with E-state index in [0.717, 1.165) is 43.4 Å². The van der Waals surface area contributed by atoms with Crippen LogP contribution in [0.4, 0.5) is 5.82 Å². The average Bonchev–Trinajstić information content (AvgIpc) is 2.96. The van der Waals surface area contributed by atoms with Gasteiger partial charge in [0.1, 0.15) is 11.4 Å². The predicted molar refractivity (Wildman–Crippen MR) is 73.7 cm³/mol. The second kappa shape index (κ2) is 4.51. The molecule has 3 rings (SSSR count). The molecule has 0 radical (unpaired) electrons. The lowest BCUT2D eigenvalue weighted by atomic mass is 10.00. The zero-order valence-electron chi connectivity index (χ0n) is 11.3. The number of pyridine rings is 1. The van der Waals surface area contributed by atoms with Crippen LogP contribution in [0.15, 0.2) is 6.07 Å². The number of fused-ring (bicyclic) bond motifs is 1. The normalized spacial score (nSPS) is 20.3. The number of rotatable bonds is 3. The van der Waals surface area contributed by atoms with E-state index in [1.807, 2.05) is 6.07 Å². The van der Waals surface area contributed by atoms with E-state index in [1.54, 1.807) is 0 Å². The van der Waals surface area contributed by atoms with Gasteiger partial charge in [-0.1, -0.05) is 12.8 Å². The molecule has 0 atom stereocenters. The molecule has 2 aliphatic carbocycles. The molecule has 1 fully saturated rings. The fourth-order valence-electron chi connectivity index (χ4n) is 3.30. The Morgan fingerprint density at radius 1 is 1.32 bits per heavy atom. The highest BCUT2D eigenvalue weighted by molar-refractivity contribution is 5.93. The molecule has 4 heteroatoms. The van der Waals surface area contributed by atoms with Gasteiger partial charge in [-0.15, -0.1) is 0 Å². The summed E-state index contributed by atoms with van der Waals surface area (Å²) < 4.78 is 0. The number of aromatic nitrogens is 1. The van der Waals surface area contributed by atoms with Crippen molar-refractivity contribution in [2.75, 3.05) is 5.32 Å². The Morgan fingerprint density at radius 2 is 2.05 bits per heavy atom. The van der Waals surface area contributed by atoms with Gasteiger partial charge in [0.2, 0.25) is 0 Å². The van der Waals surface area contributed by atoms with Crippen molar-refractivity contribution in [2.24, 2.45) is 0 Å². The van der Waals surface area contributed by atoms with Crippen LogP contribution in [0.5, 0.6) is 0 Å². The quantitative estimate of drug-likeness (QED) is 0.877. The van der Waals surface area contributed by atoms with Crippen molar-refractivity contribution in [1.82, 2.24) is 4.98 Å². The first kappa shape index (κ1) is 12.5. The van der Waals surface area contributed by atoms with Crippen molar-refractivity contribution in [3.63, 3.8) is 0 Å². The molecule has 1 saturated carbocycles. The van der Waals surface area contributed by atoms with E-state index in [0.29, 0.717) is 11.4 Å². The molecule has 0 aliphatic heterocycles. The zero-order valence-corrected chi connectivity index (χ0v) is 11.3. The first-order valence-electron chi connectivity index (χ1n) is 7.12. The van der Waals surface area contributed by atoms with Crippen LogP contribution in [0.1, 0.15) is 60.6 Å². The van der Waals surface area contributed by atoms with Crippen LogP contribution < -0.4 is 5.32 Å². The van der Waals surface area contributed by atoms with Crippen LogP contribution in [0.3, 0.4) is 0 Å². The number of hydrogen-bond acceptors (Lipinski definition) is 3.